The highest BCUT2D eigenvalue weighted by molar-refractivity contribution is 6.20. The Balaban J connectivity index is 1.32. The van der Waals surface area contributed by atoms with E-state index in [0.717, 1.165) is 24.5 Å². The molecule has 0 unspecified atom stereocenters. The van der Waals surface area contributed by atoms with E-state index in [2.05, 4.69) is 6.58 Å². The van der Waals surface area contributed by atoms with Crippen LogP contribution in [0.15, 0.2) is 36.9 Å². The van der Waals surface area contributed by atoms with Crippen LogP contribution in [-0.4, -0.2) is 63.1 Å². The maximum Gasteiger partial charge on any atom is 0.285 e. The van der Waals surface area contributed by atoms with Crippen LogP contribution in [-0.2, 0) is 19.0 Å². The van der Waals surface area contributed by atoms with Crippen LogP contribution >= 0.6 is 0 Å². The molecule has 1 aliphatic heterocycles. The number of imide groups is 1. The van der Waals surface area contributed by atoms with E-state index in [1.165, 1.54) is 38.5 Å². The van der Waals surface area contributed by atoms with Gasteiger partial charge in [0, 0.05) is 6.61 Å². The van der Waals surface area contributed by atoms with Crippen LogP contribution in [0.2, 0.25) is 0 Å². The zero-order valence-electron chi connectivity index (χ0n) is 19.1. The zero-order valence-corrected chi connectivity index (χ0v) is 19.1. The van der Waals surface area contributed by atoms with Gasteiger partial charge in [0.15, 0.2) is 0 Å². The van der Waals surface area contributed by atoms with Crippen molar-refractivity contribution in [3.8, 4) is 0 Å². The summed E-state index contributed by atoms with van der Waals surface area (Å²) in [5, 5.41) is 0.798. The topological polar surface area (TPSA) is 74.3 Å². The number of hydrogen-bond donors (Lipinski definition) is 0. The number of amides is 2. The molecule has 0 radical (unpaired) electrons. The average Bonchev–Trinajstić information content (AvgIpc) is 3.05. The van der Waals surface area contributed by atoms with Crippen molar-refractivity contribution >= 4 is 11.8 Å². The van der Waals surface area contributed by atoms with Crippen LogP contribution in [0.3, 0.4) is 0 Å². The van der Waals surface area contributed by atoms with Gasteiger partial charge in [-0.25, -0.2) is 0 Å². The minimum absolute atomic E-state index is 0.114. The van der Waals surface area contributed by atoms with Gasteiger partial charge in [-0.2, -0.15) is 0 Å². The van der Waals surface area contributed by atoms with Crippen molar-refractivity contribution in [1.29, 1.82) is 0 Å². The second kappa shape index (κ2) is 16.6. The Bertz CT molecular complexity index is 658. The number of fused-ring (bicyclic) bond motifs is 1. The van der Waals surface area contributed by atoms with Crippen molar-refractivity contribution in [2.24, 2.45) is 0 Å². The van der Waals surface area contributed by atoms with Crippen LogP contribution in [0.4, 0.5) is 0 Å². The van der Waals surface area contributed by atoms with Crippen LogP contribution < -0.4 is 0 Å². The fraction of sp³-hybridized carbons (Fsp3) is 0.600. The molecule has 1 aromatic carbocycles. The molecule has 1 aromatic rings. The van der Waals surface area contributed by atoms with Crippen molar-refractivity contribution in [2.75, 3.05) is 46.2 Å². The summed E-state index contributed by atoms with van der Waals surface area (Å²) in [5.41, 5.74) is 0.730. The zero-order chi connectivity index (χ0) is 22.9. The summed E-state index contributed by atoms with van der Waals surface area (Å²) < 4.78 is 16.5. The van der Waals surface area contributed by atoms with E-state index in [1.807, 2.05) is 6.08 Å². The fourth-order valence-corrected chi connectivity index (χ4v) is 3.39. The lowest BCUT2D eigenvalue weighted by atomic mass is 10.1. The third-order valence-corrected chi connectivity index (χ3v) is 5.15. The highest BCUT2D eigenvalue weighted by atomic mass is 16.7. The largest absolute Gasteiger partial charge is 0.379 e. The van der Waals surface area contributed by atoms with Gasteiger partial charge < -0.3 is 14.2 Å². The van der Waals surface area contributed by atoms with Crippen molar-refractivity contribution < 1.29 is 28.6 Å². The molecule has 178 valence electrons. The van der Waals surface area contributed by atoms with E-state index in [1.54, 1.807) is 24.3 Å². The van der Waals surface area contributed by atoms with Crippen LogP contribution in [0.1, 0.15) is 72.1 Å². The van der Waals surface area contributed by atoms with Gasteiger partial charge in [0.2, 0.25) is 0 Å². The molecule has 2 rings (SSSR count). The van der Waals surface area contributed by atoms with Gasteiger partial charge in [0.05, 0.1) is 50.8 Å². The van der Waals surface area contributed by atoms with Gasteiger partial charge in [-0.15, -0.1) is 11.6 Å². The first-order valence-corrected chi connectivity index (χ1v) is 11.7. The van der Waals surface area contributed by atoms with E-state index in [0.29, 0.717) is 37.6 Å². The number of hydroxylamine groups is 2. The number of nitrogens with zero attached hydrogens (tertiary/aromatic N) is 1. The second-order valence-corrected chi connectivity index (χ2v) is 7.67. The molecular weight excluding hydrogens is 410 g/mol. The lowest BCUT2D eigenvalue weighted by Gasteiger charge is -2.13. The molecule has 0 aromatic heterocycles. The third kappa shape index (κ3) is 9.61. The molecule has 0 atom stereocenters. The van der Waals surface area contributed by atoms with Crippen LogP contribution in [0.5, 0.6) is 0 Å². The Morgan fingerprint density at radius 1 is 0.656 bits per heavy atom. The highest BCUT2D eigenvalue weighted by Crippen LogP contribution is 2.22. The SMILES string of the molecule is C=CCCCCCCCCCOCCOCCOCCON1C(=O)c2ccccc2C1=O. The number of ether oxygens (including phenoxy) is 3. The van der Waals surface area contributed by atoms with Crippen molar-refractivity contribution in [1.82, 2.24) is 5.06 Å². The summed E-state index contributed by atoms with van der Waals surface area (Å²) in [5.74, 6) is -0.874. The first kappa shape index (κ1) is 26.2. The van der Waals surface area contributed by atoms with Crippen molar-refractivity contribution in [3.05, 3.63) is 48.0 Å². The van der Waals surface area contributed by atoms with Gasteiger partial charge in [-0.1, -0.05) is 50.3 Å². The standard InChI is InChI=1S/C25H37NO6/c1-2-3-4-5-6-7-8-9-12-15-29-16-17-30-18-19-31-20-21-32-26-24(27)22-13-10-11-14-23(22)25(26)28/h2,10-11,13-14H,1,3-9,12,15-21H2. The smallest absolute Gasteiger partial charge is 0.285 e. The molecular formula is C25H37NO6. The molecule has 7 nitrogen and oxygen atoms in total. The molecule has 2 amide bonds. The quantitative estimate of drug-likeness (QED) is 0.166. The molecule has 1 heterocycles. The predicted molar refractivity (Wildman–Crippen MR) is 122 cm³/mol. The maximum absolute atomic E-state index is 12.1. The summed E-state index contributed by atoms with van der Waals surface area (Å²) in [6.07, 6.45) is 11.9. The number of carbonyl (C=O) groups is 2. The van der Waals surface area contributed by atoms with Gasteiger partial charge in [-0.3, -0.25) is 14.4 Å². The summed E-state index contributed by atoms with van der Waals surface area (Å²) in [4.78, 5) is 29.6. The highest BCUT2D eigenvalue weighted by Gasteiger charge is 2.36. The molecule has 0 spiro atoms. The molecule has 0 fully saturated rings. The first-order chi connectivity index (χ1) is 15.8. The molecule has 0 aliphatic carbocycles. The molecule has 1 aliphatic rings. The number of unbranched alkanes of at least 4 members (excludes halogenated alkanes) is 7. The molecule has 0 saturated heterocycles. The van der Waals surface area contributed by atoms with E-state index in [4.69, 9.17) is 19.0 Å². The van der Waals surface area contributed by atoms with Crippen LogP contribution in [0.25, 0.3) is 0 Å². The van der Waals surface area contributed by atoms with Gasteiger partial charge in [0.1, 0.15) is 0 Å². The number of allylic oxidation sites excluding steroid dienone is 1. The third-order valence-electron chi connectivity index (χ3n) is 5.15. The number of benzene rings is 1. The Kier molecular flexibility index (Phi) is 13.6. The van der Waals surface area contributed by atoms with Gasteiger partial charge in [0.25, 0.3) is 11.8 Å². The number of rotatable bonds is 20. The lowest BCUT2D eigenvalue weighted by Crippen LogP contribution is -2.31. The lowest BCUT2D eigenvalue weighted by molar-refractivity contribution is -0.108. The first-order valence-electron chi connectivity index (χ1n) is 11.7. The Labute approximate surface area is 191 Å². The summed E-state index contributed by atoms with van der Waals surface area (Å²) in [6, 6.07) is 6.67. The second-order valence-electron chi connectivity index (χ2n) is 7.67. The summed E-state index contributed by atoms with van der Waals surface area (Å²) >= 11 is 0. The van der Waals surface area contributed by atoms with Crippen molar-refractivity contribution in [3.63, 3.8) is 0 Å². The normalized spacial score (nSPS) is 13.1. The fourth-order valence-electron chi connectivity index (χ4n) is 3.39. The van der Waals surface area contributed by atoms with Gasteiger partial charge in [-0.05, 0) is 31.4 Å². The monoisotopic (exact) mass is 447 g/mol. The predicted octanol–water partition coefficient (Wildman–Crippen LogP) is 4.57. The van der Waals surface area contributed by atoms with E-state index in [9.17, 15) is 9.59 Å². The van der Waals surface area contributed by atoms with Crippen LogP contribution in [0, 0.1) is 0 Å². The van der Waals surface area contributed by atoms with E-state index < -0.39 is 11.8 Å². The minimum Gasteiger partial charge on any atom is -0.379 e. The Morgan fingerprint density at radius 3 is 1.69 bits per heavy atom. The van der Waals surface area contributed by atoms with E-state index >= 15 is 0 Å². The Hall–Kier alpha value is -2.06. The Morgan fingerprint density at radius 2 is 1.12 bits per heavy atom. The minimum atomic E-state index is -0.437. The maximum atomic E-state index is 12.1. The van der Waals surface area contributed by atoms with Crippen molar-refractivity contribution in [2.45, 2.75) is 51.4 Å². The van der Waals surface area contributed by atoms with E-state index in [-0.39, 0.29) is 13.2 Å². The molecule has 32 heavy (non-hydrogen) atoms. The molecule has 0 bridgehead atoms. The summed E-state index contributed by atoms with van der Waals surface area (Å²) in [7, 11) is 0. The number of hydrogen-bond acceptors (Lipinski definition) is 6. The average molecular weight is 448 g/mol. The number of carbonyl (C=O) groups excluding carboxylic acids is 2. The molecule has 0 N–H and O–H groups in total. The molecule has 0 saturated carbocycles. The molecule has 7 heteroatoms. The van der Waals surface area contributed by atoms with Gasteiger partial charge >= 0.3 is 0 Å². The summed E-state index contributed by atoms with van der Waals surface area (Å²) in [6.45, 7) is 6.91.